The Hall–Kier alpha value is -1.01. The molecule has 0 N–H and O–H groups in total. The second-order valence-corrected chi connectivity index (χ2v) is 1.51. The molecule has 0 fully saturated rings. The highest BCUT2D eigenvalue weighted by molar-refractivity contribution is 5.85. The fraction of sp³-hybridized carbons (Fsp3) is 0.200. The van der Waals surface area contributed by atoms with Gasteiger partial charge in [-0.05, 0) is 0 Å². The van der Waals surface area contributed by atoms with Crippen molar-refractivity contribution in [2.75, 3.05) is 0 Å². The molecule has 3 nitrogen and oxygen atoms in total. The maximum atomic E-state index is 8.25. The number of hydrogen-bond acceptors (Lipinski definition) is 2. The van der Waals surface area contributed by atoms with E-state index in [1.165, 1.54) is 6.20 Å². The van der Waals surface area contributed by atoms with E-state index >= 15 is 0 Å². The summed E-state index contributed by atoms with van der Waals surface area (Å²) in [5, 5.41) is 12.0. The standard InChI is InChI=1S/C5H5N3.ClH/c1-8-4-5(2-6)3-7-8;/h3-4H,1H3;1H. The SMILES string of the molecule is Cl.Cn1cc(C#N)cn1. The molecule has 0 saturated carbocycles. The van der Waals surface area contributed by atoms with Gasteiger partial charge < -0.3 is 0 Å². The average Bonchev–Trinajstić information content (AvgIpc) is 2.14. The van der Waals surface area contributed by atoms with E-state index in [1.807, 2.05) is 6.07 Å². The van der Waals surface area contributed by atoms with Crippen molar-refractivity contribution in [1.29, 1.82) is 5.26 Å². The number of hydrogen-bond donors (Lipinski definition) is 0. The largest absolute Gasteiger partial charge is 0.274 e. The van der Waals surface area contributed by atoms with Gasteiger partial charge in [0.05, 0.1) is 11.8 Å². The average molecular weight is 144 g/mol. The third-order valence-corrected chi connectivity index (χ3v) is 0.834. The van der Waals surface area contributed by atoms with Gasteiger partial charge in [-0.1, -0.05) is 0 Å². The Balaban J connectivity index is 0.000000640. The van der Waals surface area contributed by atoms with Crippen LogP contribution in [-0.2, 0) is 7.05 Å². The molecule has 0 amide bonds. The monoisotopic (exact) mass is 143 g/mol. The Labute approximate surface area is 59.3 Å². The van der Waals surface area contributed by atoms with Gasteiger partial charge in [0.2, 0.25) is 0 Å². The number of nitrogens with zero attached hydrogens (tertiary/aromatic N) is 3. The number of aromatic nitrogens is 2. The normalized spacial score (nSPS) is 7.56. The maximum absolute atomic E-state index is 8.25. The molecule has 48 valence electrons. The van der Waals surface area contributed by atoms with Crippen LogP contribution >= 0.6 is 12.4 Å². The molecule has 1 rings (SSSR count). The molecular weight excluding hydrogens is 138 g/mol. The fourth-order valence-corrected chi connectivity index (χ4v) is 0.479. The minimum Gasteiger partial charge on any atom is -0.274 e. The van der Waals surface area contributed by atoms with Crippen LogP contribution in [-0.4, -0.2) is 9.78 Å². The molecule has 0 aliphatic carbocycles. The first-order chi connectivity index (χ1) is 3.83. The van der Waals surface area contributed by atoms with Crippen molar-refractivity contribution in [3.05, 3.63) is 18.0 Å². The quantitative estimate of drug-likeness (QED) is 0.537. The first kappa shape index (κ1) is 7.99. The van der Waals surface area contributed by atoms with Crippen LogP contribution in [0.1, 0.15) is 5.56 Å². The van der Waals surface area contributed by atoms with Crippen LogP contribution in [0.3, 0.4) is 0 Å². The van der Waals surface area contributed by atoms with Crippen LogP contribution in [0.4, 0.5) is 0 Å². The summed E-state index contributed by atoms with van der Waals surface area (Å²) in [5.74, 6) is 0. The Kier molecular flexibility index (Phi) is 2.75. The number of halogens is 1. The summed E-state index contributed by atoms with van der Waals surface area (Å²) in [6.45, 7) is 0. The molecule has 1 heterocycles. The molecule has 0 unspecified atom stereocenters. The summed E-state index contributed by atoms with van der Waals surface area (Å²) in [6, 6.07) is 1.96. The zero-order valence-corrected chi connectivity index (χ0v) is 5.72. The lowest BCUT2D eigenvalue weighted by atomic mass is 10.4. The Morgan fingerprint density at radius 2 is 2.44 bits per heavy atom. The number of nitriles is 1. The molecule has 0 radical (unpaired) electrons. The fourth-order valence-electron chi connectivity index (χ4n) is 0.479. The van der Waals surface area contributed by atoms with Crippen LogP contribution in [0.15, 0.2) is 12.4 Å². The molecule has 0 bridgehead atoms. The van der Waals surface area contributed by atoms with Gasteiger partial charge in [0.25, 0.3) is 0 Å². The molecule has 0 spiro atoms. The summed E-state index contributed by atoms with van der Waals surface area (Å²) in [6.07, 6.45) is 3.19. The van der Waals surface area contributed by atoms with Crippen molar-refractivity contribution in [2.24, 2.45) is 7.05 Å². The van der Waals surface area contributed by atoms with Gasteiger partial charge in [0.15, 0.2) is 0 Å². The lowest BCUT2D eigenvalue weighted by molar-refractivity contribution is 0.767. The smallest absolute Gasteiger partial charge is 0.102 e. The Morgan fingerprint density at radius 3 is 2.67 bits per heavy atom. The van der Waals surface area contributed by atoms with Crippen molar-refractivity contribution in [1.82, 2.24) is 9.78 Å². The van der Waals surface area contributed by atoms with E-state index in [-0.39, 0.29) is 12.4 Å². The van der Waals surface area contributed by atoms with Crippen LogP contribution < -0.4 is 0 Å². The third kappa shape index (κ3) is 1.74. The van der Waals surface area contributed by atoms with Crippen LogP contribution in [0.2, 0.25) is 0 Å². The zero-order chi connectivity index (χ0) is 5.98. The molecule has 0 aliphatic heterocycles. The van der Waals surface area contributed by atoms with E-state index in [9.17, 15) is 0 Å². The molecule has 9 heavy (non-hydrogen) atoms. The molecule has 1 aromatic heterocycles. The van der Waals surface area contributed by atoms with Crippen molar-refractivity contribution in [3.8, 4) is 6.07 Å². The van der Waals surface area contributed by atoms with Crippen LogP contribution in [0.25, 0.3) is 0 Å². The van der Waals surface area contributed by atoms with Gasteiger partial charge in [0, 0.05) is 13.2 Å². The van der Waals surface area contributed by atoms with Gasteiger partial charge in [-0.25, -0.2) is 0 Å². The zero-order valence-electron chi connectivity index (χ0n) is 4.90. The topological polar surface area (TPSA) is 41.6 Å². The van der Waals surface area contributed by atoms with Gasteiger partial charge in [-0.2, -0.15) is 10.4 Å². The number of rotatable bonds is 0. The minimum atomic E-state index is 0. The van der Waals surface area contributed by atoms with Crippen molar-refractivity contribution in [3.63, 3.8) is 0 Å². The van der Waals surface area contributed by atoms with Gasteiger partial charge in [-0.3, -0.25) is 4.68 Å². The molecule has 0 aliphatic rings. The van der Waals surface area contributed by atoms with E-state index in [0.29, 0.717) is 5.56 Å². The predicted molar refractivity (Wildman–Crippen MR) is 35.2 cm³/mol. The molecular formula is C5H6ClN3. The molecule has 1 aromatic rings. The summed E-state index contributed by atoms with van der Waals surface area (Å²) >= 11 is 0. The molecule has 0 aromatic carbocycles. The lowest BCUT2D eigenvalue weighted by Crippen LogP contribution is -1.83. The van der Waals surface area contributed by atoms with Gasteiger partial charge in [-0.15, -0.1) is 12.4 Å². The van der Waals surface area contributed by atoms with E-state index in [1.54, 1.807) is 17.9 Å². The van der Waals surface area contributed by atoms with Crippen LogP contribution in [0.5, 0.6) is 0 Å². The van der Waals surface area contributed by atoms with E-state index in [4.69, 9.17) is 5.26 Å². The molecule has 0 saturated heterocycles. The summed E-state index contributed by atoms with van der Waals surface area (Å²) in [5.41, 5.74) is 0.604. The summed E-state index contributed by atoms with van der Waals surface area (Å²) < 4.78 is 1.60. The highest BCUT2D eigenvalue weighted by atomic mass is 35.5. The summed E-state index contributed by atoms with van der Waals surface area (Å²) in [7, 11) is 1.78. The maximum Gasteiger partial charge on any atom is 0.102 e. The first-order valence-electron chi connectivity index (χ1n) is 2.21. The second-order valence-electron chi connectivity index (χ2n) is 1.51. The minimum absolute atomic E-state index is 0. The van der Waals surface area contributed by atoms with E-state index < -0.39 is 0 Å². The molecule has 4 heteroatoms. The Bertz CT molecular complexity index is 222. The Morgan fingerprint density at radius 1 is 1.78 bits per heavy atom. The summed E-state index contributed by atoms with van der Waals surface area (Å²) in [4.78, 5) is 0. The highest BCUT2D eigenvalue weighted by Gasteiger charge is 1.88. The highest BCUT2D eigenvalue weighted by Crippen LogP contribution is 1.89. The predicted octanol–water partition coefficient (Wildman–Crippen LogP) is 0.714. The van der Waals surface area contributed by atoms with Crippen LogP contribution in [0, 0.1) is 11.3 Å². The van der Waals surface area contributed by atoms with E-state index in [2.05, 4.69) is 5.10 Å². The van der Waals surface area contributed by atoms with Gasteiger partial charge >= 0.3 is 0 Å². The van der Waals surface area contributed by atoms with Gasteiger partial charge in [0.1, 0.15) is 6.07 Å². The third-order valence-electron chi connectivity index (χ3n) is 0.834. The number of aryl methyl sites for hydroxylation is 1. The molecule has 0 atom stereocenters. The lowest BCUT2D eigenvalue weighted by Gasteiger charge is -1.77. The van der Waals surface area contributed by atoms with E-state index in [0.717, 1.165) is 0 Å². The second kappa shape index (κ2) is 3.10. The van der Waals surface area contributed by atoms with Crippen molar-refractivity contribution in [2.45, 2.75) is 0 Å². The van der Waals surface area contributed by atoms with Crippen molar-refractivity contribution < 1.29 is 0 Å². The van der Waals surface area contributed by atoms with Crippen molar-refractivity contribution >= 4 is 12.4 Å². The first-order valence-corrected chi connectivity index (χ1v) is 2.21.